The number of fused-ring (bicyclic) bond motifs is 1. The van der Waals surface area contributed by atoms with Gasteiger partial charge in [-0.2, -0.15) is 0 Å². The van der Waals surface area contributed by atoms with E-state index in [1.165, 1.54) is 5.56 Å². The molecule has 3 nitrogen and oxygen atoms in total. The van der Waals surface area contributed by atoms with Crippen molar-refractivity contribution in [3.8, 4) is 5.75 Å². The van der Waals surface area contributed by atoms with E-state index in [0.717, 1.165) is 24.2 Å². The number of anilines is 1. The SMILES string of the molecule is CC1(CCc2ccccc2)C=Cc2cc(NC(=O)c3ccccc3Cl)ccc2O1. The number of amides is 1. The Bertz CT molecular complexity index is 1060. The summed E-state index contributed by atoms with van der Waals surface area (Å²) in [4.78, 5) is 12.5. The summed E-state index contributed by atoms with van der Waals surface area (Å²) >= 11 is 6.11. The van der Waals surface area contributed by atoms with Gasteiger partial charge in [-0.05, 0) is 61.7 Å². The lowest BCUT2D eigenvalue weighted by Gasteiger charge is -2.32. The third-order valence-corrected chi connectivity index (χ3v) is 5.43. The number of carbonyl (C=O) groups is 1. The first kappa shape index (κ1) is 19.3. The van der Waals surface area contributed by atoms with E-state index in [4.69, 9.17) is 16.3 Å². The molecule has 0 fully saturated rings. The molecule has 1 N–H and O–H groups in total. The maximum atomic E-state index is 12.5. The lowest BCUT2D eigenvalue weighted by molar-refractivity contribution is 0.102. The fourth-order valence-corrected chi connectivity index (χ4v) is 3.64. The van der Waals surface area contributed by atoms with Crippen LogP contribution in [0.1, 0.15) is 34.8 Å². The van der Waals surface area contributed by atoms with Gasteiger partial charge in [0, 0.05) is 11.3 Å². The largest absolute Gasteiger partial charge is 0.483 e. The first-order valence-electron chi connectivity index (χ1n) is 9.65. The van der Waals surface area contributed by atoms with Crippen LogP contribution in [0.4, 0.5) is 5.69 Å². The van der Waals surface area contributed by atoms with Crippen LogP contribution in [0, 0.1) is 0 Å². The fourth-order valence-electron chi connectivity index (χ4n) is 3.42. The molecule has 4 heteroatoms. The molecular weight excluding hydrogens is 382 g/mol. The highest BCUT2D eigenvalue weighted by atomic mass is 35.5. The quantitative estimate of drug-likeness (QED) is 0.536. The first-order valence-corrected chi connectivity index (χ1v) is 10.0. The van der Waals surface area contributed by atoms with Gasteiger partial charge in [0.25, 0.3) is 5.91 Å². The van der Waals surface area contributed by atoms with Crippen LogP contribution in [0.25, 0.3) is 6.08 Å². The van der Waals surface area contributed by atoms with Crippen LogP contribution in [-0.4, -0.2) is 11.5 Å². The van der Waals surface area contributed by atoms with Gasteiger partial charge < -0.3 is 10.1 Å². The molecular formula is C25H22ClNO2. The van der Waals surface area contributed by atoms with Gasteiger partial charge in [0.1, 0.15) is 11.4 Å². The summed E-state index contributed by atoms with van der Waals surface area (Å²) in [5.74, 6) is 0.586. The standard InChI is InChI=1S/C25H22ClNO2/c1-25(15-13-18-7-3-2-4-8-18)16-14-19-17-20(11-12-23(19)29-25)27-24(28)21-9-5-6-10-22(21)26/h2-12,14,16-17H,13,15H2,1H3,(H,27,28). The van der Waals surface area contributed by atoms with Gasteiger partial charge in [-0.3, -0.25) is 4.79 Å². The summed E-state index contributed by atoms with van der Waals surface area (Å²) in [5.41, 5.74) is 3.04. The van der Waals surface area contributed by atoms with Crippen molar-refractivity contribution in [1.82, 2.24) is 0 Å². The first-order chi connectivity index (χ1) is 14.0. The zero-order valence-corrected chi connectivity index (χ0v) is 16.9. The normalized spacial score (nSPS) is 17.3. The molecule has 0 saturated heterocycles. The molecule has 29 heavy (non-hydrogen) atoms. The summed E-state index contributed by atoms with van der Waals surface area (Å²) in [5, 5.41) is 3.33. The topological polar surface area (TPSA) is 38.3 Å². The molecule has 3 aromatic rings. The van der Waals surface area contributed by atoms with Crippen molar-refractivity contribution in [1.29, 1.82) is 0 Å². The monoisotopic (exact) mass is 403 g/mol. The van der Waals surface area contributed by atoms with Gasteiger partial charge in [0.2, 0.25) is 0 Å². The Kier molecular flexibility index (Phi) is 5.41. The van der Waals surface area contributed by atoms with Crippen molar-refractivity contribution < 1.29 is 9.53 Å². The summed E-state index contributed by atoms with van der Waals surface area (Å²) in [6, 6.07) is 23.1. The second-order valence-electron chi connectivity index (χ2n) is 7.42. The Morgan fingerprint density at radius 3 is 2.59 bits per heavy atom. The summed E-state index contributed by atoms with van der Waals surface area (Å²) < 4.78 is 6.28. The van der Waals surface area contributed by atoms with Gasteiger partial charge in [0.15, 0.2) is 0 Å². The minimum absolute atomic E-state index is 0.232. The molecule has 146 valence electrons. The molecule has 0 spiro atoms. The number of rotatable bonds is 5. The zero-order valence-electron chi connectivity index (χ0n) is 16.2. The van der Waals surface area contributed by atoms with Crippen molar-refractivity contribution in [2.75, 3.05) is 5.32 Å². The number of carbonyl (C=O) groups excluding carboxylic acids is 1. The van der Waals surface area contributed by atoms with Crippen molar-refractivity contribution in [2.45, 2.75) is 25.4 Å². The molecule has 1 heterocycles. The zero-order chi connectivity index (χ0) is 20.3. The maximum absolute atomic E-state index is 12.5. The number of hydrogen-bond acceptors (Lipinski definition) is 2. The smallest absolute Gasteiger partial charge is 0.257 e. The molecule has 3 aromatic carbocycles. The van der Waals surface area contributed by atoms with Crippen LogP contribution in [0.2, 0.25) is 5.02 Å². The Morgan fingerprint density at radius 2 is 1.79 bits per heavy atom. The average molecular weight is 404 g/mol. The van der Waals surface area contributed by atoms with Crippen molar-refractivity contribution >= 4 is 29.3 Å². The van der Waals surface area contributed by atoms with Gasteiger partial charge in [-0.25, -0.2) is 0 Å². The maximum Gasteiger partial charge on any atom is 0.257 e. The molecule has 0 radical (unpaired) electrons. The minimum atomic E-state index is -0.356. The number of benzene rings is 3. The molecule has 0 bridgehead atoms. The molecule has 0 aliphatic carbocycles. The van der Waals surface area contributed by atoms with E-state index in [1.807, 2.05) is 24.3 Å². The highest BCUT2D eigenvalue weighted by Gasteiger charge is 2.27. The highest BCUT2D eigenvalue weighted by Crippen LogP contribution is 2.35. The number of ether oxygens (including phenoxy) is 1. The van der Waals surface area contributed by atoms with Crippen molar-refractivity contribution in [2.24, 2.45) is 0 Å². The van der Waals surface area contributed by atoms with Gasteiger partial charge >= 0.3 is 0 Å². The molecule has 4 rings (SSSR count). The molecule has 1 amide bonds. The number of halogens is 1. The molecule has 0 aromatic heterocycles. The van der Waals surface area contributed by atoms with Crippen LogP contribution in [0.5, 0.6) is 5.75 Å². The number of hydrogen-bond donors (Lipinski definition) is 1. The molecule has 0 saturated carbocycles. The van der Waals surface area contributed by atoms with E-state index >= 15 is 0 Å². The minimum Gasteiger partial charge on any atom is -0.483 e. The van der Waals surface area contributed by atoms with E-state index in [2.05, 4.69) is 48.7 Å². The molecule has 1 atom stereocenters. The summed E-state index contributed by atoms with van der Waals surface area (Å²) in [6.45, 7) is 2.10. The van der Waals surface area contributed by atoms with Gasteiger partial charge in [0.05, 0.1) is 10.6 Å². The summed E-state index contributed by atoms with van der Waals surface area (Å²) in [7, 11) is 0. The third-order valence-electron chi connectivity index (χ3n) is 5.10. The number of nitrogens with one attached hydrogen (secondary N) is 1. The lowest BCUT2D eigenvalue weighted by atomic mass is 9.93. The lowest BCUT2D eigenvalue weighted by Crippen LogP contribution is -2.32. The predicted octanol–water partition coefficient (Wildman–Crippen LogP) is 6.39. The van der Waals surface area contributed by atoms with Gasteiger partial charge in [-0.15, -0.1) is 0 Å². The molecule has 1 aliphatic heterocycles. The second-order valence-corrected chi connectivity index (χ2v) is 7.83. The number of aryl methyl sites for hydroxylation is 1. The van der Waals surface area contributed by atoms with E-state index in [0.29, 0.717) is 16.3 Å². The highest BCUT2D eigenvalue weighted by molar-refractivity contribution is 6.34. The van der Waals surface area contributed by atoms with Crippen LogP contribution < -0.4 is 10.1 Å². The van der Waals surface area contributed by atoms with Crippen molar-refractivity contribution in [3.05, 3.63) is 101 Å². The average Bonchev–Trinajstić information content (AvgIpc) is 2.74. The Balaban J connectivity index is 1.45. The fraction of sp³-hybridized carbons (Fsp3) is 0.160. The van der Waals surface area contributed by atoms with E-state index < -0.39 is 0 Å². The second kappa shape index (κ2) is 8.14. The Hall–Kier alpha value is -3.04. The van der Waals surface area contributed by atoms with Crippen LogP contribution in [0.3, 0.4) is 0 Å². The summed E-state index contributed by atoms with van der Waals surface area (Å²) in [6.07, 6.45) is 5.99. The third kappa shape index (κ3) is 4.52. The molecule has 1 aliphatic rings. The van der Waals surface area contributed by atoms with Crippen LogP contribution in [0.15, 0.2) is 78.9 Å². The van der Waals surface area contributed by atoms with Crippen LogP contribution >= 0.6 is 11.6 Å². The van der Waals surface area contributed by atoms with Gasteiger partial charge in [-0.1, -0.05) is 60.1 Å². The predicted molar refractivity (Wildman–Crippen MR) is 119 cm³/mol. The van der Waals surface area contributed by atoms with Crippen LogP contribution in [-0.2, 0) is 6.42 Å². The van der Waals surface area contributed by atoms with E-state index in [1.54, 1.807) is 24.3 Å². The Labute approximate surface area is 176 Å². The molecule has 1 unspecified atom stereocenters. The van der Waals surface area contributed by atoms with E-state index in [9.17, 15) is 4.79 Å². The van der Waals surface area contributed by atoms with E-state index in [-0.39, 0.29) is 11.5 Å². The Morgan fingerprint density at radius 1 is 1.03 bits per heavy atom. The van der Waals surface area contributed by atoms with Crippen molar-refractivity contribution in [3.63, 3.8) is 0 Å².